The van der Waals surface area contributed by atoms with Crippen LogP contribution in [0.3, 0.4) is 0 Å². The summed E-state index contributed by atoms with van der Waals surface area (Å²) < 4.78 is 52.4. The van der Waals surface area contributed by atoms with Crippen molar-refractivity contribution in [1.29, 1.82) is 0 Å². The lowest BCUT2D eigenvalue weighted by Crippen LogP contribution is -2.25. The second-order valence-corrected chi connectivity index (χ2v) is 10.7. The monoisotopic (exact) mass is 520 g/mol. The van der Waals surface area contributed by atoms with Crippen molar-refractivity contribution in [1.82, 2.24) is 15.0 Å². The van der Waals surface area contributed by atoms with Gasteiger partial charge in [0.05, 0.1) is 51.8 Å². The quantitative estimate of drug-likeness (QED) is 0.482. The van der Waals surface area contributed by atoms with E-state index in [-0.39, 0.29) is 17.8 Å². The van der Waals surface area contributed by atoms with Crippen molar-refractivity contribution in [3.05, 3.63) is 64.0 Å². The van der Waals surface area contributed by atoms with Gasteiger partial charge < -0.3 is 5.32 Å². The lowest BCUT2D eigenvalue weighted by molar-refractivity contribution is 0.224. The first kappa shape index (κ1) is 24.9. The number of sulfonamides is 1. The van der Waals surface area contributed by atoms with E-state index in [0.29, 0.717) is 45.6 Å². The topological polar surface area (TPSA) is 100 Å². The number of hydrogen-bond acceptors (Lipinski definition) is 7. The maximum absolute atomic E-state index is 13.5. The van der Waals surface area contributed by atoms with Crippen LogP contribution in [-0.2, 0) is 22.9 Å². The number of hydrogen-bond donors (Lipinski definition) is 1. The number of alkyl halides is 2. The van der Waals surface area contributed by atoms with E-state index in [1.165, 1.54) is 13.1 Å². The number of fused-ring (bicyclic) bond motifs is 1. The minimum Gasteiger partial charge on any atom is -0.352 e. The van der Waals surface area contributed by atoms with Gasteiger partial charge in [0, 0.05) is 36.8 Å². The molecule has 0 saturated heterocycles. The predicted molar refractivity (Wildman–Crippen MR) is 133 cm³/mol. The van der Waals surface area contributed by atoms with E-state index in [9.17, 15) is 17.2 Å². The summed E-state index contributed by atoms with van der Waals surface area (Å²) in [5.41, 5.74) is 4.42. The molecule has 2 aromatic heterocycles. The number of halogens is 3. The van der Waals surface area contributed by atoms with E-state index in [1.807, 2.05) is 13.8 Å². The van der Waals surface area contributed by atoms with Gasteiger partial charge in [-0.15, -0.1) is 0 Å². The van der Waals surface area contributed by atoms with Gasteiger partial charge in [0.15, 0.2) is 0 Å². The van der Waals surface area contributed by atoms with Crippen molar-refractivity contribution in [2.75, 3.05) is 22.9 Å². The Morgan fingerprint density at radius 3 is 2.51 bits per heavy atom. The Balaban J connectivity index is 1.79. The van der Waals surface area contributed by atoms with E-state index in [1.54, 1.807) is 24.4 Å². The van der Waals surface area contributed by atoms with Crippen molar-refractivity contribution < 1.29 is 17.2 Å². The van der Waals surface area contributed by atoms with Gasteiger partial charge in [-0.2, -0.15) is 0 Å². The molecule has 3 aromatic rings. The van der Waals surface area contributed by atoms with Crippen LogP contribution in [0.15, 0.2) is 35.5 Å². The van der Waals surface area contributed by atoms with Gasteiger partial charge in [0.2, 0.25) is 10.0 Å². The zero-order valence-electron chi connectivity index (χ0n) is 19.5. The fourth-order valence-electron chi connectivity index (χ4n) is 3.62. The number of aliphatic imine (C=N–C) groups is 1. The highest BCUT2D eigenvalue weighted by atomic mass is 35.5. The molecule has 0 saturated carbocycles. The Morgan fingerprint density at radius 1 is 1.11 bits per heavy atom. The summed E-state index contributed by atoms with van der Waals surface area (Å²) in [5, 5.41) is 3.51. The number of rotatable bonds is 7. The average Bonchev–Trinajstić information content (AvgIpc) is 3.21. The van der Waals surface area contributed by atoms with Crippen molar-refractivity contribution in [3.63, 3.8) is 0 Å². The maximum Gasteiger partial charge on any atom is 0.277 e. The minimum absolute atomic E-state index is 0.0785. The zero-order chi connectivity index (χ0) is 25.5. The molecule has 0 fully saturated rings. The molecule has 0 aliphatic carbocycles. The molecule has 8 nitrogen and oxygen atoms in total. The van der Waals surface area contributed by atoms with Crippen LogP contribution in [-0.4, -0.2) is 48.8 Å². The van der Waals surface area contributed by atoms with Gasteiger partial charge in [-0.3, -0.25) is 19.3 Å². The number of nitrogens with zero attached hydrogens (tertiary/aromatic N) is 5. The van der Waals surface area contributed by atoms with Crippen LogP contribution in [0.4, 0.5) is 31.5 Å². The number of anilines is 3. The van der Waals surface area contributed by atoms with Gasteiger partial charge in [0.1, 0.15) is 5.69 Å². The van der Waals surface area contributed by atoms with Gasteiger partial charge in [-0.1, -0.05) is 11.6 Å². The van der Waals surface area contributed by atoms with Crippen LogP contribution in [0.5, 0.6) is 0 Å². The van der Waals surface area contributed by atoms with Gasteiger partial charge in [0.25, 0.3) is 6.43 Å². The number of aryl methyl sites for hydroxylation is 2. The summed E-state index contributed by atoms with van der Waals surface area (Å²) in [6, 6.07) is 6.43. The van der Waals surface area contributed by atoms with Crippen LogP contribution in [0, 0.1) is 13.8 Å². The molecule has 1 aliphatic heterocycles. The van der Waals surface area contributed by atoms with E-state index in [0.717, 1.165) is 21.9 Å². The third kappa shape index (κ3) is 5.40. The average molecular weight is 521 g/mol. The van der Waals surface area contributed by atoms with Crippen molar-refractivity contribution in [2.24, 2.45) is 4.99 Å². The highest BCUT2D eigenvalue weighted by molar-refractivity contribution is 7.92. The molecular weight excluding hydrogens is 498 g/mol. The Labute approximate surface area is 207 Å². The molecule has 0 spiro atoms. The Bertz CT molecular complexity index is 1450. The standard InChI is InChI=1S/C23H23ClF2N6O2S/c1-12-13(2)28-16(11-27-12)8-15-9-18(22-19(29-15)10-20(31-22)23(25)26)30-17-6-5-14(24)7-21(17)32(3)35(4,33)34/h5-7,9,11,23H,8,10H2,1-4H3,(H,29,30). The molecule has 4 rings (SSSR count). The first-order valence-electron chi connectivity index (χ1n) is 10.6. The number of benzene rings is 1. The SMILES string of the molecule is Cc1ncc(Cc2cc(Nc3ccc(Cl)cc3N(C)S(C)(=O)=O)c3c(n2)CC(C(F)F)=N3)nc1C. The number of pyridine rings is 1. The summed E-state index contributed by atoms with van der Waals surface area (Å²) in [4.78, 5) is 17.5. The molecule has 0 unspecified atom stereocenters. The molecule has 0 amide bonds. The molecule has 184 valence electrons. The Morgan fingerprint density at radius 2 is 1.86 bits per heavy atom. The molecule has 0 atom stereocenters. The summed E-state index contributed by atoms with van der Waals surface area (Å²) in [7, 11) is -2.19. The summed E-state index contributed by atoms with van der Waals surface area (Å²) in [5.74, 6) is 0. The van der Waals surface area contributed by atoms with Crippen LogP contribution in [0.2, 0.25) is 5.02 Å². The molecule has 0 bridgehead atoms. The highest BCUT2D eigenvalue weighted by Crippen LogP contribution is 2.40. The zero-order valence-corrected chi connectivity index (χ0v) is 21.0. The minimum atomic E-state index is -3.60. The van der Waals surface area contributed by atoms with Crippen LogP contribution in [0.1, 0.15) is 28.5 Å². The third-order valence-corrected chi connectivity index (χ3v) is 7.07. The third-order valence-electron chi connectivity index (χ3n) is 5.64. The molecule has 3 heterocycles. The summed E-state index contributed by atoms with van der Waals surface area (Å²) in [6.45, 7) is 3.72. The van der Waals surface area contributed by atoms with E-state index in [2.05, 4.69) is 25.3 Å². The Kier molecular flexibility index (Phi) is 6.74. The van der Waals surface area contributed by atoms with Crippen molar-refractivity contribution in [2.45, 2.75) is 33.1 Å². The smallest absolute Gasteiger partial charge is 0.277 e. The molecular formula is C23H23ClF2N6O2S. The number of aromatic nitrogens is 3. The second-order valence-electron chi connectivity index (χ2n) is 8.26. The van der Waals surface area contributed by atoms with E-state index >= 15 is 0 Å². The van der Waals surface area contributed by atoms with E-state index < -0.39 is 16.4 Å². The van der Waals surface area contributed by atoms with Gasteiger partial charge in [-0.05, 0) is 38.1 Å². The molecule has 35 heavy (non-hydrogen) atoms. The van der Waals surface area contributed by atoms with Crippen LogP contribution < -0.4 is 9.62 Å². The lowest BCUT2D eigenvalue weighted by atomic mass is 10.1. The molecule has 1 N–H and O–H groups in total. The van der Waals surface area contributed by atoms with Crippen LogP contribution >= 0.6 is 11.6 Å². The molecule has 0 radical (unpaired) electrons. The second kappa shape index (κ2) is 9.46. The Hall–Kier alpha value is -3.18. The summed E-state index contributed by atoms with van der Waals surface area (Å²) in [6.07, 6.45) is 0.267. The van der Waals surface area contributed by atoms with Crippen molar-refractivity contribution >= 4 is 50.1 Å². The van der Waals surface area contributed by atoms with Crippen LogP contribution in [0.25, 0.3) is 0 Å². The normalized spacial score (nSPS) is 13.1. The molecule has 12 heteroatoms. The van der Waals surface area contributed by atoms with E-state index in [4.69, 9.17) is 11.6 Å². The van der Waals surface area contributed by atoms with Crippen molar-refractivity contribution in [3.8, 4) is 0 Å². The highest BCUT2D eigenvalue weighted by Gasteiger charge is 2.27. The first-order chi connectivity index (χ1) is 16.4. The lowest BCUT2D eigenvalue weighted by Gasteiger charge is -2.22. The largest absolute Gasteiger partial charge is 0.352 e. The maximum atomic E-state index is 13.5. The van der Waals surface area contributed by atoms with Gasteiger partial charge in [-0.25, -0.2) is 22.2 Å². The predicted octanol–water partition coefficient (Wildman–Crippen LogP) is 4.77. The fraction of sp³-hybridized carbons (Fsp3) is 0.304. The summed E-state index contributed by atoms with van der Waals surface area (Å²) >= 11 is 6.12. The molecule has 1 aromatic carbocycles. The molecule has 1 aliphatic rings. The number of nitrogens with one attached hydrogen (secondary N) is 1. The fourth-order valence-corrected chi connectivity index (χ4v) is 4.29. The first-order valence-corrected chi connectivity index (χ1v) is 12.8. The van der Waals surface area contributed by atoms with Gasteiger partial charge >= 0.3 is 0 Å².